The maximum absolute atomic E-state index is 14.1. The lowest BCUT2D eigenvalue weighted by Gasteiger charge is -2.38. The van der Waals surface area contributed by atoms with E-state index in [4.69, 9.17) is 5.73 Å². The van der Waals surface area contributed by atoms with Gasteiger partial charge in [-0.25, -0.2) is 8.78 Å². The standard InChI is InChI=1S/C18H21F2N/c1-3-18(4-2,13-9-6-5-7-10-13)17(21)14-11-8-12-15(19)16(14)20/h5-12,17H,3-4,21H2,1-2H3. The molecule has 112 valence electrons. The summed E-state index contributed by atoms with van der Waals surface area (Å²) in [6.45, 7) is 4.07. The van der Waals surface area contributed by atoms with Gasteiger partial charge in [-0.05, 0) is 24.5 Å². The molecule has 0 saturated carbocycles. The van der Waals surface area contributed by atoms with E-state index in [-0.39, 0.29) is 5.56 Å². The van der Waals surface area contributed by atoms with Gasteiger partial charge >= 0.3 is 0 Å². The number of rotatable bonds is 5. The van der Waals surface area contributed by atoms with E-state index in [2.05, 4.69) is 0 Å². The molecule has 1 atom stereocenters. The molecule has 0 saturated heterocycles. The van der Waals surface area contributed by atoms with Gasteiger partial charge < -0.3 is 5.73 Å². The van der Waals surface area contributed by atoms with E-state index in [1.165, 1.54) is 6.07 Å². The van der Waals surface area contributed by atoms with Gasteiger partial charge in [-0.1, -0.05) is 56.3 Å². The average molecular weight is 289 g/mol. The van der Waals surface area contributed by atoms with Crippen LogP contribution in [0.3, 0.4) is 0 Å². The second kappa shape index (κ2) is 6.35. The maximum atomic E-state index is 14.1. The van der Waals surface area contributed by atoms with Crippen LogP contribution in [0.4, 0.5) is 8.78 Å². The van der Waals surface area contributed by atoms with Gasteiger partial charge in [0.05, 0.1) is 0 Å². The first-order valence-corrected chi connectivity index (χ1v) is 7.31. The lowest BCUT2D eigenvalue weighted by atomic mass is 9.68. The SMILES string of the molecule is CCC(CC)(c1ccccc1)C(N)c1cccc(F)c1F. The van der Waals surface area contributed by atoms with Gasteiger partial charge in [0.1, 0.15) is 0 Å². The Hall–Kier alpha value is -1.74. The molecule has 0 fully saturated rings. The Kier molecular flexibility index (Phi) is 4.73. The first-order valence-electron chi connectivity index (χ1n) is 7.31. The van der Waals surface area contributed by atoms with Crippen molar-refractivity contribution in [2.24, 2.45) is 5.73 Å². The zero-order valence-electron chi connectivity index (χ0n) is 12.4. The van der Waals surface area contributed by atoms with Gasteiger partial charge in [-0.15, -0.1) is 0 Å². The Morgan fingerprint density at radius 1 is 0.952 bits per heavy atom. The maximum Gasteiger partial charge on any atom is 0.163 e. The van der Waals surface area contributed by atoms with Gasteiger partial charge in [0.15, 0.2) is 11.6 Å². The largest absolute Gasteiger partial charge is 0.323 e. The molecule has 0 radical (unpaired) electrons. The molecule has 2 rings (SSSR count). The first-order chi connectivity index (χ1) is 10.1. The Morgan fingerprint density at radius 2 is 1.57 bits per heavy atom. The molecular weight excluding hydrogens is 268 g/mol. The molecule has 2 aromatic rings. The Bertz CT molecular complexity index is 591. The van der Waals surface area contributed by atoms with Crippen molar-refractivity contribution in [3.63, 3.8) is 0 Å². The molecule has 0 aliphatic heterocycles. The average Bonchev–Trinajstić information content (AvgIpc) is 2.53. The fourth-order valence-corrected chi connectivity index (χ4v) is 3.11. The zero-order valence-corrected chi connectivity index (χ0v) is 12.4. The summed E-state index contributed by atoms with van der Waals surface area (Å²) in [5.41, 5.74) is 7.28. The topological polar surface area (TPSA) is 26.0 Å². The van der Waals surface area contributed by atoms with Crippen molar-refractivity contribution in [2.75, 3.05) is 0 Å². The van der Waals surface area contributed by atoms with E-state index in [1.807, 2.05) is 44.2 Å². The highest BCUT2D eigenvalue weighted by Crippen LogP contribution is 2.42. The molecular formula is C18H21F2N. The normalized spacial score (nSPS) is 13.2. The molecule has 0 amide bonds. The fourth-order valence-electron chi connectivity index (χ4n) is 3.11. The molecule has 2 N–H and O–H groups in total. The molecule has 1 unspecified atom stereocenters. The number of hydrogen-bond donors (Lipinski definition) is 1. The van der Waals surface area contributed by atoms with Crippen molar-refractivity contribution in [3.05, 3.63) is 71.3 Å². The van der Waals surface area contributed by atoms with Gasteiger partial charge in [0.2, 0.25) is 0 Å². The summed E-state index contributed by atoms with van der Waals surface area (Å²) in [6.07, 6.45) is 1.51. The summed E-state index contributed by atoms with van der Waals surface area (Å²) >= 11 is 0. The van der Waals surface area contributed by atoms with Crippen molar-refractivity contribution in [1.82, 2.24) is 0 Å². The van der Waals surface area contributed by atoms with Gasteiger partial charge in [-0.3, -0.25) is 0 Å². The van der Waals surface area contributed by atoms with Crippen molar-refractivity contribution < 1.29 is 8.78 Å². The summed E-state index contributed by atoms with van der Waals surface area (Å²) in [5, 5.41) is 0. The van der Waals surface area contributed by atoms with Crippen LogP contribution in [-0.4, -0.2) is 0 Å². The lowest BCUT2D eigenvalue weighted by Crippen LogP contribution is -2.38. The molecule has 0 aliphatic carbocycles. The number of halogens is 2. The molecule has 0 bridgehead atoms. The first kappa shape index (κ1) is 15.6. The summed E-state index contributed by atoms with van der Waals surface area (Å²) in [5.74, 6) is -1.69. The quantitative estimate of drug-likeness (QED) is 0.846. The van der Waals surface area contributed by atoms with Crippen LogP contribution in [0.15, 0.2) is 48.5 Å². The van der Waals surface area contributed by atoms with Crippen molar-refractivity contribution in [3.8, 4) is 0 Å². The molecule has 0 aliphatic rings. The second-order valence-corrected chi connectivity index (χ2v) is 5.35. The number of benzene rings is 2. The molecule has 3 heteroatoms. The van der Waals surface area contributed by atoms with Crippen molar-refractivity contribution in [1.29, 1.82) is 0 Å². The van der Waals surface area contributed by atoms with Crippen molar-refractivity contribution >= 4 is 0 Å². The number of hydrogen-bond acceptors (Lipinski definition) is 1. The predicted molar refractivity (Wildman–Crippen MR) is 82.0 cm³/mol. The van der Waals surface area contributed by atoms with E-state index in [9.17, 15) is 8.78 Å². The van der Waals surface area contributed by atoms with E-state index in [1.54, 1.807) is 6.07 Å². The third-order valence-corrected chi connectivity index (χ3v) is 4.52. The van der Waals surface area contributed by atoms with E-state index >= 15 is 0 Å². The minimum atomic E-state index is -0.850. The van der Waals surface area contributed by atoms with Crippen LogP contribution in [0.5, 0.6) is 0 Å². The molecule has 0 heterocycles. The Labute approximate surface area is 124 Å². The van der Waals surface area contributed by atoms with Gasteiger partial charge in [0.25, 0.3) is 0 Å². The Morgan fingerprint density at radius 3 is 2.14 bits per heavy atom. The van der Waals surface area contributed by atoms with Crippen LogP contribution in [0.2, 0.25) is 0 Å². The van der Waals surface area contributed by atoms with E-state index in [0.29, 0.717) is 0 Å². The van der Waals surface area contributed by atoms with Gasteiger partial charge in [0, 0.05) is 17.0 Å². The predicted octanol–water partition coefficient (Wildman–Crippen LogP) is 4.72. The Balaban J connectivity index is 2.55. The van der Waals surface area contributed by atoms with E-state index < -0.39 is 23.1 Å². The smallest absolute Gasteiger partial charge is 0.163 e. The summed E-state index contributed by atoms with van der Waals surface area (Å²) in [6, 6.07) is 13.5. The zero-order chi connectivity index (χ0) is 15.5. The van der Waals surface area contributed by atoms with Crippen LogP contribution >= 0.6 is 0 Å². The van der Waals surface area contributed by atoms with Crippen LogP contribution < -0.4 is 5.73 Å². The minimum Gasteiger partial charge on any atom is -0.323 e. The van der Waals surface area contributed by atoms with E-state index in [0.717, 1.165) is 24.5 Å². The molecule has 21 heavy (non-hydrogen) atoms. The highest BCUT2D eigenvalue weighted by molar-refractivity contribution is 5.34. The van der Waals surface area contributed by atoms with Crippen LogP contribution in [-0.2, 0) is 5.41 Å². The highest BCUT2D eigenvalue weighted by atomic mass is 19.2. The fraction of sp³-hybridized carbons (Fsp3) is 0.333. The number of nitrogens with two attached hydrogens (primary N) is 1. The lowest BCUT2D eigenvalue weighted by molar-refractivity contribution is 0.312. The molecule has 1 nitrogen and oxygen atoms in total. The summed E-state index contributed by atoms with van der Waals surface area (Å²) < 4.78 is 27.6. The molecule has 0 aromatic heterocycles. The third kappa shape index (κ3) is 2.70. The molecule has 0 spiro atoms. The molecule has 2 aromatic carbocycles. The van der Waals surface area contributed by atoms with Crippen LogP contribution in [0.25, 0.3) is 0 Å². The third-order valence-electron chi connectivity index (χ3n) is 4.52. The summed E-state index contributed by atoms with van der Waals surface area (Å²) in [4.78, 5) is 0. The summed E-state index contributed by atoms with van der Waals surface area (Å²) in [7, 11) is 0. The minimum absolute atomic E-state index is 0.238. The second-order valence-electron chi connectivity index (χ2n) is 5.35. The monoisotopic (exact) mass is 289 g/mol. The highest BCUT2D eigenvalue weighted by Gasteiger charge is 2.37. The van der Waals surface area contributed by atoms with Crippen molar-refractivity contribution in [2.45, 2.75) is 38.1 Å². The van der Waals surface area contributed by atoms with Crippen LogP contribution in [0, 0.1) is 11.6 Å². The van der Waals surface area contributed by atoms with Crippen LogP contribution in [0.1, 0.15) is 43.9 Å². The van der Waals surface area contributed by atoms with Gasteiger partial charge in [-0.2, -0.15) is 0 Å².